The zero-order chi connectivity index (χ0) is 22.4. The van der Waals surface area contributed by atoms with Gasteiger partial charge in [-0.25, -0.2) is 9.89 Å². The molecule has 3 rings (SSSR count). The average Bonchev–Trinajstić information content (AvgIpc) is 3.06. The van der Waals surface area contributed by atoms with Crippen LogP contribution in [0.25, 0.3) is 6.08 Å². The molecule has 1 aliphatic rings. The Hall–Kier alpha value is -2.87. The summed E-state index contributed by atoms with van der Waals surface area (Å²) in [6, 6.07) is 12.8. The Morgan fingerprint density at radius 2 is 2.06 bits per heavy atom. The topological polar surface area (TPSA) is 91.6 Å². The second kappa shape index (κ2) is 10.4. The van der Waals surface area contributed by atoms with E-state index in [-0.39, 0.29) is 24.3 Å². The van der Waals surface area contributed by atoms with Crippen molar-refractivity contribution in [1.29, 1.82) is 0 Å². The zero-order valence-corrected chi connectivity index (χ0v) is 18.2. The van der Waals surface area contributed by atoms with Crippen molar-refractivity contribution >= 4 is 35.3 Å². The summed E-state index contributed by atoms with van der Waals surface area (Å²) in [6.45, 7) is 3.98. The Balaban J connectivity index is 1.88. The molecule has 1 aliphatic heterocycles. The minimum Gasteiger partial charge on any atom is -0.489 e. The predicted molar refractivity (Wildman–Crippen MR) is 120 cm³/mol. The van der Waals surface area contributed by atoms with Crippen LogP contribution in [-0.2, 0) is 9.53 Å². The first-order valence-corrected chi connectivity index (χ1v) is 10.4. The molecule has 0 aliphatic carbocycles. The predicted octanol–water partition coefficient (Wildman–Crippen LogP) is 3.55. The lowest BCUT2D eigenvalue weighted by molar-refractivity contribution is -0.114. The molecule has 2 aromatic carbocycles. The fourth-order valence-corrected chi connectivity index (χ4v) is 3.17. The number of benzene rings is 2. The van der Waals surface area contributed by atoms with E-state index in [1.54, 1.807) is 24.3 Å². The molecule has 1 heterocycles. The summed E-state index contributed by atoms with van der Waals surface area (Å²) in [5.74, 6) is 0.187. The lowest BCUT2D eigenvalue weighted by atomic mass is 10.1. The third-order valence-corrected chi connectivity index (χ3v) is 4.82. The number of aliphatic hydroxyl groups excluding tert-OH is 2. The molecule has 0 spiro atoms. The van der Waals surface area contributed by atoms with Crippen molar-refractivity contribution in [2.24, 2.45) is 4.99 Å². The quantitative estimate of drug-likeness (QED) is 0.607. The van der Waals surface area contributed by atoms with E-state index in [0.29, 0.717) is 22.9 Å². The number of amidine groups is 1. The van der Waals surface area contributed by atoms with Crippen LogP contribution < -0.4 is 9.64 Å². The van der Waals surface area contributed by atoms with Crippen LogP contribution in [0.15, 0.2) is 53.2 Å². The second-order valence-corrected chi connectivity index (χ2v) is 7.45. The summed E-state index contributed by atoms with van der Waals surface area (Å²) < 4.78 is 11.2. The minimum absolute atomic E-state index is 0.0824. The number of aliphatic hydroxyl groups is 2. The molecule has 0 unspecified atom stereocenters. The maximum Gasteiger partial charge on any atom is 0.305 e. The maximum atomic E-state index is 13.1. The molecule has 8 heteroatoms. The highest BCUT2D eigenvalue weighted by Gasteiger charge is 2.36. The van der Waals surface area contributed by atoms with Crippen molar-refractivity contribution in [2.75, 3.05) is 24.7 Å². The van der Waals surface area contributed by atoms with Gasteiger partial charge in [-0.05, 0) is 48.7 Å². The first-order valence-electron chi connectivity index (χ1n) is 10.00. The fraction of sp³-hybridized carbons (Fsp3) is 0.304. The van der Waals surface area contributed by atoms with E-state index in [4.69, 9.17) is 26.2 Å². The molecule has 1 fully saturated rings. The van der Waals surface area contributed by atoms with Crippen molar-refractivity contribution in [3.63, 3.8) is 0 Å². The van der Waals surface area contributed by atoms with Gasteiger partial charge in [0.25, 0.3) is 0 Å². The molecular weight excluding hydrogens is 420 g/mol. The van der Waals surface area contributed by atoms with Crippen molar-refractivity contribution in [3.8, 4) is 5.75 Å². The highest BCUT2D eigenvalue weighted by atomic mass is 35.5. The van der Waals surface area contributed by atoms with E-state index >= 15 is 0 Å². The molecule has 7 nitrogen and oxygen atoms in total. The van der Waals surface area contributed by atoms with Crippen LogP contribution in [0.1, 0.15) is 24.5 Å². The Morgan fingerprint density at radius 1 is 1.29 bits per heavy atom. The number of halogens is 1. The van der Waals surface area contributed by atoms with Crippen molar-refractivity contribution in [3.05, 3.63) is 64.4 Å². The molecule has 2 aromatic rings. The molecule has 0 radical (unpaired) electrons. The van der Waals surface area contributed by atoms with Gasteiger partial charge >= 0.3 is 11.9 Å². The van der Waals surface area contributed by atoms with Crippen molar-refractivity contribution in [2.45, 2.75) is 26.4 Å². The van der Waals surface area contributed by atoms with Crippen LogP contribution in [0.3, 0.4) is 0 Å². The van der Waals surface area contributed by atoms with Gasteiger partial charge in [-0.3, -0.25) is 4.79 Å². The molecular formula is C23H25ClN2O5. The monoisotopic (exact) mass is 444 g/mol. The fourth-order valence-electron chi connectivity index (χ4n) is 2.93. The molecule has 2 N–H and O–H groups in total. The first-order chi connectivity index (χ1) is 14.9. The molecule has 1 saturated heterocycles. The number of carbonyl (C=O) groups is 1. The van der Waals surface area contributed by atoms with Crippen LogP contribution >= 0.6 is 11.6 Å². The highest BCUT2D eigenvalue weighted by molar-refractivity contribution is 6.32. The van der Waals surface area contributed by atoms with E-state index in [9.17, 15) is 9.90 Å². The number of hydrogen-bond donors (Lipinski definition) is 2. The van der Waals surface area contributed by atoms with E-state index in [2.05, 4.69) is 4.99 Å². The normalized spacial score (nSPS) is 17.3. The summed E-state index contributed by atoms with van der Waals surface area (Å²) in [4.78, 5) is 19.1. The van der Waals surface area contributed by atoms with Crippen molar-refractivity contribution < 1.29 is 24.5 Å². The lowest BCUT2D eigenvalue weighted by Gasteiger charge is -2.15. The Kier molecular flexibility index (Phi) is 7.68. The first kappa shape index (κ1) is 22.8. The molecule has 164 valence electrons. The summed E-state index contributed by atoms with van der Waals surface area (Å²) in [7, 11) is 0. The minimum atomic E-state index is -0.990. The van der Waals surface area contributed by atoms with E-state index in [0.717, 1.165) is 17.7 Å². The van der Waals surface area contributed by atoms with Gasteiger partial charge < -0.3 is 19.7 Å². The van der Waals surface area contributed by atoms with E-state index in [1.165, 1.54) is 4.90 Å². The number of anilines is 1. The molecule has 0 aromatic heterocycles. The van der Waals surface area contributed by atoms with Crippen LogP contribution in [0.4, 0.5) is 5.69 Å². The summed E-state index contributed by atoms with van der Waals surface area (Å²) >= 11 is 6.26. The van der Waals surface area contributed by atoms with Gasteiger partial charge in [-0.1, -0.05) is 42.8 Å². The van der Waals surface area contributed by atoms with Gasteiger partial charge in [-0.2, -0.15) is 0 Å². The van der Waals surface area contributed by atoms with Gasteiger partial charge in [0.2, 0.25) is 0 Å². The lowest BCUT2D eigenvalue weighted by Crippen LogP contribution is -2.30. The largest absolute Gasteiger partial charge is 0.489 e. The third-order valence-electron chi connectivity index (χ3n) is 4.53. The average molecular weight is 445 g/mol. The van der Waals surface area contributed by atoms with Gasteiger partial charge in [0.05, 0.1) is 17.3 Å². The Morgan fingerprint density at radius 3 is 2.74 bits per heavy atom. The second-order valence-electron chi connectivity index (χ2n) is 7.04. The number of aryl methyl sites for hydroxylation is 1. The standard InChI is InChI=1S/C23H25ClN2O5/c1-3-10-25-23-26(19-7-5-4-6-15(19)2)22(29)21(31-23)12-16-8-9-20(18(24)11-16)30-14-17(28)13-27/h4-9,11-12,17,27-28H,3,10,13-14H2,1-2H3/b21-12+,25-23?/t17-/m0/s1. The number of hydrogen-bond acceptors (Lipinski definition) is 6. The van der Waals surface area contributed by atoms with Crippen LogP contribution in [0, 0.1) is 6.92 Å². The molecule has 1 atom stereocenters. The summed E-state index contributed by atoms with van der Waals surface area (Å²) in [5.41, 5.74) is 2.29. The van der Waals surface area contributed by atoms with Gasteiger partial charge in [0.1, 0.15) is 18.5 Å². The smallest absolute Gasteiger partial charge is 0.305 e. The SMILES string of the molecule is CCCN=C1O/C(=C/c2ccc(OC[C@@H](O)CO)c(Cl)c2)C(=O)N1c1ccccc1C. The van der Waals surface area contributed by atoms with Crippen LogP contribution in [0.5, 0.6) is 5.75 Å². The Bertz CT molecular complexity index is 1010. The molecule has 0 saturated carbocycles. The molecule has 1 amide bonds. The maximum absolute atomic E-state index is 13.1. The number of aliphatic imine (C=N–C) groups is 1. The van der Waals surface area contributed by atoms with Gasteiger partial charge in [0.15, 0.2) is 5.76 Å². The highest BCUT2D eigenvalue weighted by Crippen LogP contribution is 2.31. The third kappa shape index (κ3) is 5.44. The Labute approximate surface area is 186 Å². The van der Waals surface area contributed by atoms with E-state index in [1.807, 2.05) is 38.1 Å². The number of para-hydroxylation sites is 1. The number of nitrogens with zero attached hydrogens (tertiary/aromatic N) is 2. The number of ether oxygens (including phenoxy) is 2. The zero-order valence-electron chi connectivity index (χ0n) is 17.4. The number of amides is 1. The summed E-state index contributed by atoms with van der Waals surface area (Å²) in [6.07, 6.45) is 1.43. The van der Waals surface area contributed by atoms with Crippen LogP contribution in [0.2, 0.25) is 5.02 Å². The molecule has 0 bridgehead atoms. The summed E-state index contributed by atoms with van der Waals surface area (Å²) in [5, 5.41) is 18.6. The van der Waals surface area contributed by atoms with Gasteiger partial charge in [-0.15, -0.1) is 0 Å². The van der Waals surface area contributed by atoms with Crippen LogP contribution in [-0.4, -0.2) is 48.0 Å². The number of rotatable bonds is 8. The van der Waals surface area contributed by atoms with Crippen molar-refractivity contribution in [1.82, 2.24) is 0 Å². The number of carbonyl (C=O) groups excluding carboxylic acids is 1. The van der Waals surface area contributed by atoms with Gasteiger partial charge in [0, 0.05) is 6.54 Å². The van der Waals surface area contributed by atoms with E-state index < -0.39 is 12.7 Å². The molecule has 31 heavy (non-hydrogen) atoms.